The Hall–Kier alpha value is -2.01. The van der Waals surface area contributed by atoms with Crippen LogP contribution in [0.15, 0.2) is 53.7 Å². The third-order valence-corrected chi connectivity index (χ3v) is 3.57. The number of nitrogens with zero attached hydrogens (tertiary/aromatic N) is 1. The Kier molecular flexibility index (Phi) is 4.41. The first-order valence-electron chi connectivity index (χ1n) is 5.90. The van der Waals surface area contributed by atoms with Gasteiger partial charge in [0.1, 0.15) is 0 Å². The fourth-order valence-electron chi connectivity index (χ4n) is 1.50. The molecule has 0 radical (unpaired) electrons. The van der Waals surface area contributed by atoms with Crippen molar-refractivity contribution in [2.24, 2.45) is 0 Å². The summed E-state index contributed by atoms with van der Waals surface area (Å²) in [7, 11) is 0. The van der Waals surface area contributed by atoms with Gasteiger partial charge in [-0.25, -0.2) is 4.98 Å². The van der Waals surface area contributed by atoms with Crippen molar-refractivity contribution in [3.8, 4) is 0 Å². The van der Waals surface area contributed by atoms with Crippen LogP contribution in [0.1, 0.15) is 6.92 Å². The van der Waals surface area contributed by atoms with Crippen LogP contribution in [-0.4, -0.2) is 16.1 Å². The molecule has 3 N–H and O–H groups in total. The molecule has 2 rings (SSSR count). The van der Waals surface area contributed by atoms with Crippen LogP contribution in [0.2, 0.25) is 0 Å². The standard InChI is InChI=1S/C14H15N3OS/c1-10(19-13-8-4-5-9-16-13)14(18)17-12-7-3-2-6-11(12)15/h2-10H,15H2,1H3,(H,17,18). The molecule has 2 aromatic rings. The number of thioether (sulfide) groups is 1. The second-order valence-corrected chi connectivity index (χ2v) is 5.37. The summed E-state index contributed by atoms with van der Waals surface area (Å²) in [5.74, 6) is -0.0893. The molecule has 19 heavy (non-hydrogen) atoms. The summed E-state index contributed by atoms with van der Waals surface area (Å²) in [6, 6.07) is 12.8. The Bertz CT molecular complexity index is 560. The molecule has 98 valence electrons. The van der Waals surface area contributed by atoms with Crippen LogP contribution >= 0.6 is 11.8 Å². The molecule has 0 spiro atoms. The number of pyridine rings is 1. The average molecular weight is 273 g/mol. The molecule has 1 aromatic heterocycles. The number of benzene rings is 1. The Morgan fingerprint density at radius 3 is 2.68 bits per heavy atom. The van der Waals surface area contributed by atoms with E-state index in [4.69, 9.17) is 5.73 Å². The smallest absolute Gasteiger partial charge is 0.237 e. The maximum atomic E-state index is 12.1. The summed E-state index contributed by atoms with van der Waals surface area (Å²) in [5.41, 5.74) is 6.99. The van der Waals surface area contributed by atoms with E-state index >= 15 is 0 Å². The molecule has 0 fully saturated rings. The van der Waals surface area contributed by atoms with Crippen LogP contribution in [0.3, 0.4) is 0 Å². The van der Waals surface area contributed by atoms with Gasteiger partial charge in [-0.3, -0.25) is 4.79 Å². The second-order valence-electron chi connectivity index (χ2n) is 4.00. The average Bonchev–Trinajstić information content (AvgIpc) is 2.42. The molecular weight excluding hydrogens is 258 g/mol. The van der Waals surface area contributed by atoms with Crippen molar-refractivity contribution in [1.82, 2.24) is 4.98 Å². The van der Waals surface area contributed by atoms with Crippen molar-refractivity contribution < 1.29 is 4.79 Å². The number of anilines is 2. The minimum absolute atomic E-state index is 0.0893. The summed E-state index contributed by atoms with van der Waals surface area (Å²) >= 11 is 1.41. The largest absolute Gasteiger partial charge is 0.397 e. The van der Waals surface area contributed by atoms with Crippen molar-refractivity contribution in [1.29, 1.82) is 0 Å². The van der Waals surface area contributed by atoms with E-state index < -0.39 is 0 Å². The van der Waals surface area contributed by atoms with Gasteiger partial charge in [0, 0.05) is 6.20 Å². The SMILES string of the molecule is CC(Sc1ccccn1)C(=O)Nc1ccccc1N. The van der Waals surface area contributed by atoms with Crippen molar-refractivity contribution in [3.05, 3.63) is 48.7 Å². The summed E-state index contributed by atoms with van der Waals surface area (Å²) in [4.78, 5) is 16.2. The van der Waals surface area contributed by atoms with E-state index in [0.29, 0.717) is 11.4 Å². The summed E-state index contributed by atoms with van der Waals surface area (Å²) < 4.78 is 0. The quantitative estimate of drug-likeness (QED) is 0.664. The van der Waals surface area contributed by atoms with Gasteiger partial charge in [-0.2, -0.15) is 0 Å². The number of hydrogen-bond donors (Lipinski definition) is 2. The zero-order valence-electron chi connectivity index (χ0n) is 10.5. The van der Waals surface area contributed by atoms with Crippen LogP contribution < -0.4 is 11.1 Å². The highest BCUT2D eigenvalue weighted by Crippen LogP contribution is 2.23. The summed E-state index contributed by atoms with van der Waals surface area (Å²) in [6.45, 7) is 1.84. The van der Waals surface area contributed by atoms with E-state index in [-0.39, 0.29) is 11.2 Å². The lowest BCUT2D eigenvalue weighted by atomic mass is 10.2. The van der Waals surface area contributed by atoms with Gasteiger partial charge in [0.15, 0.2) is 0 Å². The van der Waals surface area contributed by atoms with Crippen LogP contribution in [0.25, 0.3) is 0 Å². The molecule has 5 heteroatoms. The van der Waals surface area contributed by atoms with Gasteiger partial charge in [0.05, 0.1) is 21.7 Å². The van der Waals surface area contributed by atoms with Crippen LogP contribution in [0, 0.1) is 0 Å². The molecule has 0 saturated carbocycles. The number of hydrogen-bond acceptors (Lipinski definition) is 4. The fraction of sp³-hybridized carbons (Fsp3) is 0.143. The number of carbonyl (C=O) groups excluding carboxylic acids is 1. The maximum absolute atomic E-state index is 12.1. The zero-order chi connectivity index (χ0) is 13.7. The fourth-order valence-corrected chi connectivity index (χ4v) is 2.30. The topological polar surface area (TPSA) is 68.0 Å². The van der Waals surface area contributed by atoms with Crippen molar-refractivity contribution >= 4 is 29.0 Å². The highest BCUT2D eigenvalue weighted by atomic mass is 32.2. The van der Waals surface area contributed by atoms with Gasteiger partial charge in [0.2, 0.25) is 5.91 Å². The van der Waals surface area contributed by atoms with E-state index in [1.165, 1.54) is 11.8 Å². The third kappa shape index (κ3) is 3.72. The normalized spacial score (nSPS) is 11.8. The Morgan fingerprint density at radius 2 is 2.00 bits per heavy atom. The number of nitrogen functional groups attached to an aromatic ring is 1. The van der Waals surface area contributed by atoms with Gasteiger partial charge in [-0.15, -0.1) is 0 Å². The number of amides is 1. The van der Waals surface area contributed by atoms with Gasteiger partial charge in [-0.05, 0) is 31.2 Å². The number of nitrogens with two attached hydrogens (primary N) is 1. The predicted molar refractivity (Wildman–Crippen MR) is 79.0 cm³/mol. The molecule has 0 aliphatic carbocycles. The van der Waals surface area contributed by atoms with E-state index in [1.807, 2.05) is 37.3 Å². The molecule has 0 aliphatic rings. The van der Waals surface area contributed by atoms with Gasteiger partial charge >= 0.3 is 0 Å². The molecule has 1 heterocycles. The monoisotopic (exact) mass is 273 g/mol. The molecule has 1 aromatic carbocycles. The Labute approximate surface area is 116 Å². The van der Waals surface area contributed by atoms with Gasteiger partial charge in [0.25, 0.3) is 0 Å². The number of aromatic nitrogens is 1. The number of rotatable bonds is 4. The van der Waals surface area contributed by atoms with Crippen LogP contribution in [-0.2, 0) is 4.79 Å². The highest BCUT2D eigenvalue weighted by Gasteiger charge is 2.15. The molecule has 4 nitrogen and oxygen atoms in total. The Balaban J connectivity index is 1.99. The van der Waals surface area contributed by atoms with Crippen molar-refractivity contribution in [2.45, 2.75) is 17.2 Å². The third-order valence-electron chi connectivity index (χ3n) is 2.52. The van der Waals surface area contributed by atoms with E-state index in [0.717, 1.165) is 5.03 Å². The maximum Gasteiger partial charge on any atom is 0.237 e. The van der Waals surface area contributed by atoms with Gasteiger partial charge < -0.3 is 11.1 Å². The highest BCUT2D eigenvalue weighted by molar-refractivity contribution is 8.00. The van der Waals surface area contributed by atoms with Crippen molar-refractivity contribution in [2.75, 3.05) is 11.1 Å². The molecule has 0 saturated heterocycles. The number of nitrogens with one attached hydrogen (secondary N) is 1. The lowest BCUT2D eigenvalue weighted by Crippen LogP contribution is -2.23. The van der Waals surface area contributed by atoms with Crippen LogP contribution in [0.5, 0.6) is 0 Å². The second kappa shape index (κ2) is 6.24. The minimum Gasteiger partial charge on any atom is -0.397 e. The first kappa shape index (κ1) is 13.4. The Morgan fingerprint density at radius 1 is 1.26 bits per heavy atom. The zero-order valence-corrected chi connectivity index (χ0v) is 11.4. The molecule has 1 atom stereocenters. The summed E-state index contributed by atoms with van der Waals surface area (Å²) in [6.07, 6.45) is 1.71. The predicted octanol–water partition coefficient (Wildman–Crippen LogP) is 2.78. The minimum atomic E-state index is -0.241. The molecule has 0 aliphatic heterocycles. The lowest BCUT2D eigenvalue weighted by molar-refractivity contribution is -0.115. The first-order chi connectivity index (χ1) is 9.16. The molecular formula is C14H15N3OS. The molecule has 1 amide bonds. The number of para-hydroxylation sites is 2. The van der Waals surface area contributed by atoms with Gasteiger partial charge in [-0.1, -0.05) is 30.0 Å². The number of carbonyl (C=O) groups is 1. The van der Waals surface area contributed by atoms with Crippen molar-refractivity contribution in [3.63, 3.8) is 0 Å². The van der Waals surface area contributed by atoms with E-state index in [2.05, 4.69) is 10.3 Å². The van der Waals surface area contributed by atoms with Crippen LogP contribution in [0.4, 0.5) is 11.4 Å². The summed E-state index contributed by atoms with van der Waals surface area (Å²) in [5, 5.41) is 3.40. The molecule has 1 unspecified atom stereocenters. The van der Waals surface area contributed by atoms with E-state index in [1.54, 1.807) is 18.3 Å². The van der Waals surface area contributed by atoms with E-state index in [9.17, 15) is 4.79 Å². The first-order valence-corrected chi connectivity index (χ1v) is 6.78. The lowest BCUT2D eigenvalue weighted by Gasteiger charge is -2.12. The molecule has 0 bridgehead atoms.